The van der Waals surface area contributed by atoms with Crippen LogP contribution in [0, 0.1) is 0 Å². The van der Waals surface area contributed by atoms with Crippen LogP contribution in [0.15, 0.2) is 48.5 Å². The van der Waals surface area contributed by atoms with Gasteiger partial charge < -0.3 is 4.74 Å². The Bertz CT molecular complexity index is 975. The maximum absolute atomic E-state index is 12.4. The first-order valence-corrected chi connectivity index (χ1v) is 8.86. The molecule has 1 aliphatic rings. The molecule has 2 aromatic carbocycles. The van der Waals surface area contributed by atoms with Crippen LogP contribution in [-0.2, 0) is 16.1 Å². The zero-order valence-corrected chi connectivity index (χ0v) is 14.7. The summed E-state index contributed by atoms with van der Waals surface area (Å²) in [5, 5.41) is 0.661. The van der Waals surface area contributed by atoms with Gasteiger partial charge in [-0.1, -0.05) is 24.3 Å². The average Bonchev–Trinajstić information content (AvgIpc) is 3.18. The highest BCUT2D eigenvalue weighted by atomic mass is 32.1. The van der Waals surface area contributed by atoms with Crippen molar-refractivity contribution in [3.8, 4) is 0 Å². The van der Waals surface area contributed by atoms with E-state index in [9.17, 15) is 14.4 Å². The van der Waals surface area contributed by atoms with Gasteiger partial charge in [0.05, 0.1) is 21.3 Å². The van der Waals surface area contributed by atoms with Gasteiger partial charge in [-0.2, -0.15) is 0 Å². The van der Waals surface area contributed by atoms with Crippen molar-refractivity contribution in [1.29, 1.82) is 0 Å². The molecule has 26 heavy (non-hydrogen) atoms. The van der Waals surface area contributed by atoms with E-state index in [-0.39, 0.29) is 6.61 Å². The van der Waals surface area contributed by atoms with E-state index in [0.717, 1.165) is 15.1 Å². The Kier molecular flexibility index (Phi) is 4.00. The molecule has 0 N–H and O–H groups in total. The fourth-order valence-corrected chi connectivity index (χ4v) is 3.78. The second kappa shape index (κ2) is 6.34. The van der Waals surface area contributed by atoms with Crippen LogP contribution in [0.2, 0.25) is 0 Å². The quantitative estimate of drug-likeness (QED) is 0.524. The van der Waals surface area contributed by atoms with Gasteiger partial charge >= 0.3 is 5.97 Å². The summed E-state index contributed by atoms with van der Waals surface area (Å²) >= 11 is 1.44. The highest BCUT2D eigenvalue weighted by Gasteiger charge is 2.41. The van der Waals surface area contributed by atoms with E-state index < -0.39 is 23.8 Å². The Morgan fingerprint density at radius 2 is 1.69 bits per heavy atom. The van der Waals surface area contributed by atoms with Crippen molar-refractivity contribution in [2.24, 2.45) is 0 Å². The van der Waals surface area contributed by atoms with E-state index in [1.165, 1.54) is 18.3 Å². The molecule has 0 saturated heterocycles. The van der Waals surface area contributed by atoms with Gasteiger partial charge in [-0.05, 0) is 31.2 Å². The summed E-state index contributed by atoms with van der Waals surface area (Å²) in [5.41, 5.74) is 1.46. The molecule has 2 heterocycles. The molecule has 0 fully saturated rings. The van der Waals surface area contributed by atoms with Crippen LogP contribution < -0.4 is 0 Å². The number of fused-ring (bicyclic) bond motifs is 2. The number of hydrogen-bond donors (Lipinski definition) is 0. The Hall–Kier alpha value is -3.06. The van der Waals surface area contributed by atoms with Crippen LogP contribution in [0.25, 0.3) is 10.2 Å². The maximum Gasteiger partial charge on any atom is 0.329 e. The first-order chi connectivity index (χ1) is 12.6. The number of para-hydroxylation sites is 1. The van der Waals surface area contributed by atoms with E-state index in [2.05, 4.69) is 4.98 Å². The van der Waals surface area contributed by atoms with E-state index in [0.29, 0.717) is 16.1 Å². The standard InChI is InChI=1S/C19H14N2O4S/c1-11(21-17(22)12-6-2-3-7-13(12)18(21)23)19(24)25-10-16-20-14-8-4-5-9-15(14)26-16/h2-9,11H,10H2,1H3/t11-/m0/s1. The molecule has 130 valence electrons. The molecule has 6 nitrogen and oxygen atoms in total. The van der Waals surface area contributed by atoms with Crippen LogP contribution in [0.1, 0.15) is 32.6 Å². The number of hydrogen-bond acceptors (Lipinski definition) is 6. The molecule has 1 aliphatic heterocycles. The van der Waals surface area contributed by atoms with Crippen molar-refractivity contribution in [2.75, 3.05) is 0 Å². The van der Waals surface area contributed by atoms with Crippen LogP contribution in [0.4, 0.5) is 0 Å². The minimum atomic E-state index is -1.00. The molecular formula is C19H14N2O4S. The lowest BCUT2D eigenvalue weighted by Crippen LogP contribution is -2.43. The number of aromatic nitrogens is 1. The Morgan fingerprint density at radius 1 is 1.08 bits per heavy atom. The first kappa shape index (κ1) is 16.4. The molecule has 1 aromatic heterocycles. The number of rotatable bonds is 4. The van der Waals surface area contributed by atoms with E-state index in [1.54, 1.807) is 24.3 Å². The first-order valence-electron chi connectivity index (χ1n) is 8.04. The number of ether oxygens (including phenoxy) is 1. The van der Waals surface area contributed by atoms with Crippen LogP contribution in [0.5, 0.6) is 0 Å². The molecular weight excluding hydrogens is 352 g/mol. The van der Waals surface area contributed by atoms with E-state index in [1.807, 2.05) is 24.3 Å². The summed E-state index contributed by atoms with van der Waals surface area (Å²) in [6.45, 7) is 1.49. The van der Waals surface area contributed by atoms with Gasteiger partial charge in [-0.25, -0.2) is 9.78 Å². The van der Waals surface area contributed by atoms with Gasteiger partial charge in [0.2, 0.25) is 0 Å². The molecule has 0 unspecified atom stereocenters. The molecule has 0 saturated carbocycles. The number of carbonyl (C=O) groups is 3. The van der Waals surface area contributed by atoms with Crippen LogP contribution >= 0.6 is 11.3 Å². The second-order valence-electron chi connectivity index (χ2n) is 5.88. The zero-order valence-electron chi connectivity index (χ0n) is 13.8. The molecule has 4 rings (SSSR count). The summed E-state index contributed by atoms with van der Waals surface area (Å²) in [5.74, 6) is -1.59. The van der Waals surface area contributed by atoms with Crippen molar-refractivity contribution in [2.45, 2.75) is 19.6 Å². The molecule has 0 bridgehead atoms. The van der Waals surface area contributed by atoms with E-state index in [4.69, 9.17) is 4.74 Å². The van der Waals surface area contributed by atoms with Crippen molar-refractivity contribution < 1.29 is 19.1 Å². The number of nitrogens with zero attached hydrogens (tertiary/aromatic N) is 2. The molecule has 3 aromatic rings. The highest BCUT2D eigenvalue weighted by molar-refractivity contribution is 7.18. The zero-order chi connectivity index (χ0) is 18.3. The van der Waals surface area contributed by atoms with Gasteiger partial charge in [0.1, 0.15) is 17.7 Å². The Morgan fingerprint density at radius 3 is 2.35 bits per heavy atom. The smallest absolute Gasteiger partial charge is 0.329 e. The lowest BCUT2D eigenvalue weighted by molar-refractivity contribution is -0.149. The molecule has 0 aliphatic carbocycles. The molecule has 7 heteroatoms. The third-order valence-electron chi connectivity index (χ3n) is 4.23. The van der Waals surface area contributed by atoms with Gasteiger partial charge in [0, 0.05) is 0 Å². The number of thiazole rings is 1. The lowest BCUT2D eigenvalue weighted by atomic mass is 10.1. The van der Waals surface area contributed by atoms with Gasteiger partial charge in [0.15, 0.2) is 0 Å². The van der Waals surface area contributed by atoms with Gasteiger partial charge in [0.25, 0.3) is 11.8 Å². The maximum atomic E-state index is 12.4. The third kappa shape index (κ3) is 2.66. The Labute approximate surface area is 153 Å². The average molecular weight is 366 g/mol. The molecule has 2 amide bonds. The summed E-state index contributed by atoms with van der Waals surface area (Å²) in [6.07, 6.45) is 0. The van der Waals surface area contributed by atoms with Gasteiger partial charge in [-0.15, -0.1) is 11.3 Å². The normalized spacial score (nSPS) is 14.6. The summed E-state index contributed by atoms with van der Waals surface area (Å²) in [7, 11) is 0. The number of amides is 2. The second-order valence-corrected chi connectivity index (χ2v) is 7.00. The minimum absolute atomic E-state index is 0.00564. The third-order valence-corrected chi connectivity index (χ3v) is 5.24. The number of carbonyl (C=O) groups excluding carboxylic acids is 3. The van der Waals surface area contributed by atoms with Crippen molar-refractivity contribution in [1.82, 2.24) is 9.88 Å². The number of imide groups is 1. The SMILES string of the molecule is C[C@@H](C(=O)OCc1nc2ccccc2s1)N1C(=O)c2ccccc2C1=O. The predicted octanol–water partition coefficient (Wildman–Crippen LogP) is 3.02. The summed E-state index contributed by atoms with van der Waals surface area (Å²) in [4.78, 5) is 42.6. The topological polar surface area (TPSA) is 76.6 Å². The molecule has 0 spiro atoms. The van der Waals surface area contributed by atoms with Crippen LogP contribution in [0.3, 0.4) is 0 Å². The van der Waals surface area contributed by atoms with Gasteiger partial charge in [-0.3, -0.25) is 14.5 Å². The fraction of sp³-hybridized carbons (Fsp3) is 0.158. The van der Waals surface area contributed by atoms with Crippen LogP contribution in [-0.4, -0.2) is 33.7 Å². The predicted molar refractivity (Wildman–Crippen MR) is 95.8 cm³/mol. The largest absolute Gasteiger partial charge is 0.457 e. The minimum Gasteiger partial charge on any atom is -0.457 e. The highest BCUT2D eigenvalue weighted by Crippen LogP contribution is 2.26. The Balaban J connectivity index is 1.47. The number of esters is 1. The molecule has 1 atom stereocenters. The fourth-order valence-electron chi connectivity index (χ4n) is 2.90. The van der Waals surface area contributed by atoms with Crippen molar-refractivity contribution in [3.05, 3.63) is 64.7 Å². The van der Waals surface area contributed by atoms with E-state index >= 15 is 0 Å². The molecule has 0 radical (unpaired) electrons. The summed E-state index contributed by atoms with van der Waals surface area (Å²) in [6, 6.07) is 13.2. The number of benzene rings is 2. The monoisotopic (exact) mass is 366 g/mol. The van der Waals surface area contributed by atoms with Crippen molar-refractivity contribution in [3.63, 3.8) is 0 Å². The van der Waals surface area contributed by atoms with Crippen molar-refractivity contribution >= 4 is 39.3 Å². The summed E-state index contributed by atoms with van der Waals surface area (Å²) < 4.78 is 6.30. The lowest BCUT2D eigenvalue weighted by Gasteiger charge is -2.20.